The Kier molecular flexibility index (Phi) is 3.28. The van der Waals surface area contributed by atoms with Gasteiger partial charge in [-0.25, -0.2) is 0 Å². The molecule has 3 rings (SSSR count). The molecule has 20 heavy (non-hydrogen) atoms. The molecule has 5 heteroatoms. The molecule has 5 nitrogen and oxygen atoms in total. The van der Waals surface area contributed by atoms with Crippen molar-refractivity contribution in [3.63, 3.8) is 0 Å². The lowest BCUT2D eigenvalue weighted by Crippen LogP contribution is -2.05. The van der Waals surface area contributed by atoms with Crippen molar-refractivity contribution in [2.75, 3.05) is 5.73 Å². The number of nitrogens with two attached hydrogens (primary N) is 1. The number of aryl methyl sites for hydroxylation is 2. The minimum Gasteiger partial charge on any atom is -0.396 e. The van der Waals surface area contributed by atoms with Crippen LogP contribution in [0.15, 0.2) is 6.20 Å². The molecule has 0 aliphatic heterocycles. The number of nitrogens with zero attached hydrogens (tertiary/aromatic N) is 4. The summed E-state index contributed by atoms with van der Waals surface area (Å²) in [5.74, 6) is 0. The van der Waals surface area contributed by atoms with Gasteiger partial charge in [-0.15, -0.1) is 0 Å². The Morgan fingerprint density at radius 1 is 1.25 bits per heavy atom. The summed E-state index contributed by atoms with van der Waals surface area (Å²) in [6.07, 6.45) is 7.02. The van der Waals surface area contributed by atoms with Crippen LogP contribution in [-0.2, 0) is 6.54 Å². The molecule has 0 amide bonds. The van der Waals surface area contributed by atoms with Gasteiger partial charge in [0.1, 0.15) is 5.69 Å². The van der Waals surface area contributed by atoms with Gasteiger partial charge in [-0.2, -0.15) is 10.2 Å². The fourth-order valence-corrected chi connectivity index (χ4v) is 3.30. The van der Waals surface area contributed by atoms with Gasteiger partial charge in [0, 0.05) is 24.0 Å². The normalized spacial score (nSPS) is 16.1. The van der Waals surface area contributed by atoms with Crippen molar-refractivity contribution >= 4 is 5.69 Å². The van der Waals surface area contributed by atoms with Gasteiger partial charge in [0.15, 0.2) is 0 Å². The van der Waals surface area contributed by atoms with E-state index in [2.05, 4.69) is 23.6 Å². The van der Waals surface area contributed by atoms with E-state index in [0.717, 1.165) is 34.9 Å². The molecule has 2 N–H and O–H groups in total. The van der Waals surface area contributed by atoms with Gasteiger partial charge < -0.3 is 5.73 Å². The van der Waals surface area contributed by atoms with Crippen molar-refractivity contribution < 1.29 is 0 Å². The first-order valence-corrected chi connectivity index (χ1v) is 7.50. The van der Waals surface area contributed by atoms with Crippen molar-refractivity contribution in [1.82, 2.24) is 19.6 Å². The molecule has 0 spiro atoms. The van der Waals surface area contributed by atoms with Gasteiger partial charge in [-0.3, -0.25) is 9.36 Å². The lowest BCUT2D eigenvalue weighted by atomic mass is 10.1. The van der Waals surface area contributed by atoms with Crippen molar-refractivity contribution in [3.8, 4) is 11.3 Å². The quantitative estimate of drug-likeness (QED) is 0.934. The lowest BCUT2D eigenvalue weighted by molar-refractivity contribution is 0.468. The zero-order valence-electron chi connectivity index (χ0n) is 12.6. The highest BCUT2D eigenvalue weighted by Gasteiger charge is 2.22. The zero-order chi connectivity index (χ0) is 14.3. The van der Waals surface area contributed by atoms with Gasteiger partial charge >= 0.3 is 0 Å². The van der Waals surface area contributed by atoms with Gasteiger partial charge in [-0.05, 0) is 33.6 Å². The average molecular weight is 273 g/mol. The third kappa shape index (κ3) is 2.01. The topological polar surface area (TPSA) is 61.7 Å². The Hall–Kier alpha value is -1.78. The van der Waals surface area contributed by atoms with Gasteiger partial charge in [0.2, 0.25) is 0 Å². The molecule has 0 saturated heterocycles. The van der Waals surface area contributed by atoms with Crippen LogP contribution in [0.2, 0.25) is 0 Å². The molecule has 108 valence electrons. The second-order valence-electron chi connectivity index (χ2n) is 5.71. The third-order valence-electron chi connectivity index (χ3n) is 4.38. The highest BCUT2D eigenvalue weighted by Crippen LogP contribution is 2.34. The van der Waals surface area contributed by atoms with E-state index in [1.54, 1.807) is 0 Å². The van der Waals surface area contributed by atoms with Crippen molar-refractivity contribution in [3.05, 3.63) is 17.6 Å². The molecule has 1 aliphatic rings. The number of hydrogen-bond acceptors (Lipinski definition) is 3. The summed E-state index contributed by atoms with van der Waals surface area (Å²) in [4.78, 5) is 0. The summed E-state index contributed by atoms with van der Waals surface area (Å²) in [6, 6.07) is 0.521. The molecule has 0 atom stereocenters. The highest BCUT2D eigenvalue weighted by molar-refractivity contribution is 5.75. The van der Waals surface area contributed by atoms with Gasteiger partial charge in [-0.1, -0.05) is 12.8 Å². The molecular formula is C15H23N5. The molecule has 0 unspecified atom stereocenters. The van der Waals surface area contributed by atoms with Crippen LogP contribution in [-0.4, -0.2) is 19.6 Å². The monoisotopic (exact) mass is 273 g/mol. The third-order valence-corrected chi connectivity index (χ3v) is 4.38. The fraction of sp³-hybridized carbons (Fsp3) is 0.600. The maximum Gasteiger partial charge on any atom is 0.119 e. The van der Waals surface area contributed by atoms with Gasteiger partial charge in [0.25, 0.3) is 0 Å². The number of anilines is 1. The van der Waals surface area contributed by atoms with Crippen LogP contribution < -0.4 is 5.73 Å². The number of nitrogen functional groups attached to an aromatic ring is 1. The van der Waals surface area contributed by atoms with Crippen LogP contribution >= 0.6 is 0 Å². The Morgan fingerprint density at radius 2 is 1.95 bits per heavy atom. The zero-order valence-corrected chi connectivity index (χ0v) is 12.6. The number of rotatable bonds is 3. The van der Waals surface area contributed by atoms with Crippen LogP contribution in [0.25, 0.3) is 11.3 Å². The summed E-state index contributed by atoms with van der Waals surface area (Å²) >= 11 is 0. The SMILES string of the molecule is CCn1nc(C)c(-c2nn(C3CCCC3)cc2N)c1C. The molecule has 0 aromatic carbocycles. The smallest absolute Gasteiger partial charge is 0.119 e. The van der Waals surface area contributed by atoms with E-state index >= 15 is 0 Å². The van der Waals surface area contributed by atoms with E-state index in [0.29, 0.717) is 6.04 Å². The Labute approximate surface area is 119 Å². The van der Waals surface area contributed by atoms with E-state index in [9.17, 15) is 0 Å². The first kappa shape index (κ1) is 13.2. The van der Waals surface area contributed by atoms with E-state index in [1.165, 1.54) is 25.7 Å². The van der Waals surface area contributed by atoms with Gasteiger partial charge in [0.05, 0.1) is 17.4 Å². The molecule has 2 aromatic heterocycles. The molecule has 2 aromatic rings. The molecule has 0 radical (unpaired) electrons. The predicted octanol–water partition coefficient (Wildman–Crippen LogP) is 3.08. The lowest BCUT2D eigenvalue weighted by Gasteiger charge is -2.08. The largest absolute Gasteiger partial charge is 0.396 e. The highest BCUT2D eigenvalue weighted by atomic mass is 15.3. The van der Waals surface area contributed by atoms with Crippen LogP contribution in [0, 0.1) is 13.8 Å². The predicted molar refractivity (Wildman–Crippen MR) is 80.5 cm³/mol. The summed E-state index contributed by atoms with van der Waals surface area (Å²) in [6.45, 7) is 7.09. The molecule has 1 aliphatic carbocycles. The van der Waals surface area contributed by atoms with E-state index in [1.807, 2.05) is 17.8 Å². The Balaban J connectivity index is 2.04. The summed E-state index contributed by atoms with van der Waals surface area (Å²) in [7, 11) is 0. The van der Waals surface area contributed by atoms with Crippen LogP contribution in [0.4, 0.5) is 5.69 Å². The first-order valence-electron chi connectivity index (χ1n) is 7.50. The first-order chi connectivity index (χ1) is 9.61. The standard InChI is InChI=1S/C15H23N5/c1-4-19-11(3)14(10(2)17-19)15-13(16)9-20(18-15)12-7-5-6-8-12/h9,12H,4-8,16H2,1-3H3. The molecule has 1 fully saturated rings. The van der Waals surface area contributed by atoms with Crippen LogP contribution in [0.3, 0.4) is 0 Å². The van der Waals surface area contributed by atoms with Crippen molar-refractivity contribution in [2.24, 2.45) is 0 Å². The minimum atomic E-state index is 0.521. The van der Waals surface area contributed by atoms with E-state index in [-0.39, 0.29) is 0 Å². The van der Waals surface area contributed by atoms with Crippen LogP contribution in [0.1, 0.15) is 50.0 Å². The fourth-order valence-electron chi connectivity index (χ4n) is 3.30. The summed E-state index contributed by atoms with van der Waals surface area (Å²) in [5, 5.41) is 9.33. The summed E-state index contributed by atoms with van der Waals surface area (Å²) in [5.41, 5.74) is 11.1. The molecular weight excluding hydrogens is 250 g/mol. The summed E-state index contributed by atoms with van der Waals surface area (Å²) < 4.78 is 4.08. The minimum absolute atomic E-state index is 0.521. The molecule has 0 bridgehead atoms. The number of hydrogen-bond donors (Lipinski definition) is 1. The molecule has 1 saturated carbocycles. The van der Waals surface area contributed by atoms with Crippen LogP contribution in [0.5, 0.6) is 0 Å². The Bertz CT molecular complexity index is 616. The average Bonchev–Trinajstić information content (AvgIpc) is 3.10. The van der Waals surface area contributed by atoms with E-state index < -0.39 is 0 Å². The maximum absolute atomic E-state index is 6.21. The van der Waals surface area contributed by atoms with E-state index in [4.69, 9.17) is 10.8 Å². The van der Waals surface area contributed by atoms with Crippen molar-refractivity contribution in [2.45, 2.75) is 59.0 Å². The van der Waals surface area contributed by atoms with Crippen molar-refractivity contribution in [1.29, 1.82) is 0 Å². The maximum atomic E-state index is 6.21. The second kappa shape index (κ2) is 4.96. The molecule has 2 heterocycles. The Morgan fingerprint density at radius 3 is 2.55 bits per heavy atom. The second-order valence-corrected chi connectivity index (χ2v) is 5.71. The number of aromatic nitrogens is 4.